The number of benzene rings is 2. The first-order valence-corrected chi connectivity index (χ1v) is 10.2. The highest BCUT2D eigenvalue weighted by Crippen LogP contribution is 2.27. The number of H-pyrrole nitrogens is 1. The molecule has 1 aliphatic heterocycles. The van der Waals surface area contributed by atoms with Crippen molar-refractivity contribution in [3.63, 3.8) is 0 Å². The first-order valence-electron chi connectivity index (χ1n) is 10.2. The van der Waals surface area contributed by atoms with E-state index in [-0.39, 0.29) is 23.8 Å². The van der Waals surface area contributed by atoms with Crippen LogP contribution in [0.15, 0.2) is 54.6 Å². The van der Waals surface area contributed by atoms with Crippen molar-refractivity contribution in [1.29, 1.82) is 0 Å². The van der Waals surface area contributed by atoms with Crippen LogP contribution in [0, 0.1) is 0 Å². The highest BCUT2D eigenvalue weighted by molar-refractivity contribution is 5.94. The first-order chi connectivity index (χ1) is 14.1. The Morgan fingerprint density at radius 2 is 1.93 bits per heavy atom. The molecule has 0 bridgehead atoms. The van der Waals surface area contributed by atoms with Gasteiger partial charge in [0.1, 0.15) is 5.82 Å². The fraction of sp³-hybridized carbons (Fsp3) is 0.348. The number of piperidine rings is 1. The Hall–Kier alpha value is -3.15. The minimum atomic E-state index is -0.221. The van der Waals surface area contributed by atoms with Gasteiger partial charge >= 0.3 is 0 Å². The topological polar surface area (TPSA) is 78.1 Å². The smallest absolute Gasteiger partial charge is 0.251 e. The second-order valence-electron chi connectivity index (χ2n) is 7.76. The Morgan fingerprint density at radius 3 is 2.72 bits per heavy atom. The van der Waals surface area contributed by atoms with Crippen LogP contribution in [0.5, 0.6) is 0 Å². The first kappa shape index (κ1) is 19.2. The van der Waals surface area contributed by atoms with E-state index >= 15 is 0 Å². The van der Waals surface area contributed by atoms with Gasteiger partial charge in [-0.2, -0.15) is 0 Å². The molecule has 1 aliphatic rings. The Bertz CT molecular complexity index is 965. The summed E-state index contributed by atoms with van der Waals surface area (Å²) in [5.74, 6) is 1.10. The highest BCUT2D eigenvalue weighted by Gasteiger charge is 2.27. The summed E-state index contributed by atoms with van der Waals surface area (Å²) < 4.78 is 0. The van der Waals surface area contributed by atoms with Crippen LogP contribution >= 0.6 is 0 Å². The normalized spacial score (nSPS) is 17.8. The molecular formula is C23H26N4O2. The van der Waals surface area contributed by atoms with Gasteiger partial charge in [-0.1, -0.05) is 30.3 Å². The highest BCUT2D eigenvalue weighted by atomic mass is 16.2. The van der Waals surface area contributed by atoms with E-state index < -0.39 is 0 Å². The molecule has 1 fully saturated rings. The fourth-order valence-electron chi connectivity index (χ4n) is 3.93. The van der Waals surface area contributed by atoms with Gasteiger partial charge in [-0.05, 0) is 44.0 Å². The van der Waals surface area contributed by atoms with E-state index in [1.165, 1.54) is 0 Å². The molecule has 1 saturated heterocycles. The van der Waals surface area contributed by atoms with Gasteiger partial charge in [-0.15, -0.1) is 0 Å². The second kappa shape index (κ2) is 8.47. The van der Waals surface area contributed by atoms with Gasteiger partial charge < -0.3 is 15.2 Å². The van der Waals surface area contributed by atoms with E-state index in [1.807, 2.05) is 54.3 Å². The molecular weight excluding hydrogens is 364 g/mol. The van der Waals surface area contributed by atoms with Crippen molar-refractivity contribution in [2.75, 3.05) is 13.1 Å². The zero-order valence-corrected chi connectivity index (χ0v) is 16.6. The summed E-state index contributed by atoms with van der Waals surface area (Å²) in [5.41, 5.74) is 2.60. The molecule has 2 amide bonds. The van der Waals surface area contributed by atoms with Gasteiger partial charge in [0.2, 0.25) is 5.91 Å². The Labute approximate surface area is 170 Å². The summed E-state index contributed by atoms with van der Waals surface area (Å²) in [7, 11) is 0. The third-order valence-electron chi connectivity index (χ3n) is 5.46. The average molecular weight is 390 g/mol. The summed E-state index contributed by atoms with van der Waals surface area (Å²) in [6, 6.07) is 16.8. The monoisotopic (exact) mass is 390 g/mol. The predicted molar refractivity (Wildman–Crippen MR) is 113 cm³/mol. The Morgan fingerprint density at radius 1 is 1.17 bits per heavy atom. The maximum absolute atomic E-state index is 12.8. The summed E-state index contributed by atoms with van der Waals surface area (Å²) >= 11 is 0. The number of aromatic nitrogens is 2. The van der Waals surface area contributed by atoms with Gasteiger partial charge in [0.15, 0.2) is 0 Å². The molecule has 2 heterocycles. The van der Waals surface area contributed by atoms with Crippen molar-refractivity contribution in [3.05, 3.63) is 66.0 Å². The number of imidazole rings is 1. The molecule has 0 spiro atoms. The van der Waals surface area contributed by atoms with E-state index in [9.17, 15) is 9.59 Å². The van der Waals surface area contributed by atoms with Crippen molar-refractivity contribution in [2.24, 2.45) is 0 Å². The van der Waals surface area contributed by atoms with Gasteiger partial charge in [0.05, 0.1) is 11.0 Å². The summed E-state index contributed by atoms with van der Waals surface area (Å²) in [6.07, 6.45) is 2.27. The van der Waals surface area contributed by atoms with Gasteiger partial charge in [-0.3, -0.25) is 9.59 Å². The number of rotatable bonds is 5. The van der Waals surface area contributed by atoms with E-state index in [0.717, 1.165) is 36.2 Å². The van der Waals surface area contributed by atoms with Crippen molar-refractivity contribution in [3.8, 4) is 0 Å². The maximum atomic E-state index is 12.8. The van der Waals surface area contributed by atoms with E-state index in [1.54, 1.807) is 12.1 Å². The molecule has 1 aromatic heterocycles. The van der Waals surface area contributed by atoms with Crippen LogP contribution in [-0.2, 0) is 4.79 Å². The molecule has 2 atom stereocenters. The number of fused-ring (bicyclic) bond motifs is 1. The standard InChI is InChI=1S/C23H26N4O2/c1-16(24-23(29)17-8-3-2-4-9-17)14-21(28)27-13-7-10-18(15-27)22-25-19-11-5-6-12-20(19)26-22/h2-6,8-9,11-12,16,18H,7,10,13-15H2,1H3,(H,24,29)(H,25,26)/t16-,18-/m1/s1. The van der Waals surface area contributed by atoms with Crippen molar-refractivity contribution in [2.45, 2.75) is 38.1 Å². The second-order valence-corrected chi connectivity index (χ2v) is 7.76. The quantitative estimate of drug-likeness (QED) is 0.700. The molecule has 3 aromatic rings. The van der Waals surface area contributed by atoms with Gasteiger partial charge in [0.25, 0.3) is 5.91 Å². The lowest BCUT2D eigenvalue weighted by Gasteiger charge is -2.32. The molecule has 2 N–H and O–H groups in total. The van der Waals surface area contributed by atoms with E-state index in [2.05, 4.69) is 10.3 Å². The Balaban J connectivity index is 1.35. The lowest BCUT2D eigenvalue weighted by atomic mass is 9.97. The van der Waals surface area contributed by atoms with Crippen molar-refractivity contribution in [1.82, 2.24) is 20.2 Å². The lowest BCUT2D eigenvalue weighted by molar-refractivity contribution is -0.132. The van der Waals surface area contributed by atoms with Crippen LogP contribution in [0.3, 0.4) is 0 Å². The number of aromatic amines is 1. The number of hydrogen-bond donors (Lipinski definition) is 2. The largest absolute Gasteiger partial charge is 0.349 e. The minimum Gasteiger partial charge on any atom is -0.349 e. The molecule has 150 valence electrons. The summed E-state index contributed by atoms with van der Waals surface area (Å²) in [5, 5.41) is 2.92. The number of nitrogens with zero attached hydrogens (tertiary/aromatic N) is 2. The molecule has 2 aromatic carbocycles. The van der Waals surface area contributed by atoms with Crippen LogP contribution in [0.1, 0.15) is 48.3 Å². The van der Waals surface area contributed by atoms with Crippen LogP contribution < -0.4 is 5.32 Å². The molecule has 0 aliphatic carbocycles. The summed E-state index contributed by atoms with van der Waals surface area (Å²) in [6.45, 7) is 3.30. The molecule has 0 radical (unpaired) electrons. The number of carbonyl (C=O) groups excluding carboxylic acids is 2. The van der Waals surface area contributed by atoms with Crippen LogP contribution in [-0.4, -0.2) is 45.8 Å². The zero-order chi connectivity index (χ0) is 20.2. The van der Waals surface area contributed by atoms with Crippen molar-refractivity contribution < 1.29 is 9.59 Å². The zero-order valence-electron chi connectivity index (χ0n) is 16.6. The van der Waals surface area contributed by atoms with Crippen molar-refractivity contribution >= 4 is 22.8 Å². The van der Waals surface area contributed by atoms with Crippen LogP contribution in [0.2, 0.25) is 0 Å². The molecule has 6 nitrogen and oxygen atoms in total. The van der Waals surface area contributed by atoms with Gasteiger partial charge in [-0.25, -0.2) is 4.98 Å². The number of amides is 2. The predicted octanol–water partition coefficient (Wildman–Crippen LogP) is 3.48. The number of para-hydroxylation sites is 2. The van der Waals surface area contributed by atoms with E-state index in [0.29, 0.717) is 18.5 Å². The molecule has 6 heteroatoms. The molecule has 4 rings (SSSR count). The third kappa shape index (κ3) is 4.47. The number of hydrogen-bond acceptors (Lipinski definition) is 3. The number of likely N-dealkylation sites (tertiary alicyclic amines) is 1. The Kier molecular flexibility index (Phi) is 5.60. The maximum Gasteiger partial charge on any atom is 0.251 e. The van der Waals surface area contributed by atoms with Crippen LogP contribution in [0.4, 0.5) is 0 Å². The minimum absolute atomic E-state index is 0.0756. The summed E-state index contributed by atoms with van der Waals surface area (Å²) in [4.78, 5) is 35.1. The van der Waals surface area contributed by atoms with E-state index in [4.69, 9.17) is 4.98 Å². The number of nitrogens with one attached hydrogen (secondary N) is 2. The third-order valence-corrected chi connectivity index (χ3v) is 5.46. The average Bonchev–Trinajstić information content (AvgIpc) is 3.19. The fourth-order valence-corrected chi connectivity index (χ4v) is 3.93. The molecule has 0 unspecified atom stereocenters. The molecule has 0 saturated carbocycles. The van der Waals surface area contributed by atoms with Crippen LogP contribution in [0.25, 0.3) is 11.0 Å². The van der Waals surface area contributed by atoms with Gasteiger partial charge in [0, 0.05) is 37.0 Å². The lowest BCUT2D eigenvalue weighted by Crippen LogP contribution is -2.43. The molecule has 29 heavy (non-hydrogen) atoms. The number of carbonyl (C=O) groups is 2. The SMILES string of the molecule is C[C@H](CC(=O)N1CCC[C@@H](c2nc3ccccc3[nH]2)C1)NC(=O)c1ccccc1.